The normalized spacial score (nSPS) is 14.4. The molecule has 1 aromatic carbocycles. The fourth-order valence-electron chi connectivity index (χ4n) is 2.04. The van der Waals surface area contributed by atoms with Crippen LogP contribution < -0.4 is 5.73 Å². The Kier molecular flexibility index (Phi) is 4.24. The largest absolute Gasteiger partial charge is 0.464 e. The van der Waals surface area contributed by atoms with Crippen LogP contribution in [0.1, 0.15) is 29.1 Å². The SMILES string of the molecule is Cc1ccc(C(O)C(CN)c2cccc(Cl)c2F)o1. The molecule has 0 spiro atoms. The van der Waals surface area contributed by atoms with Crippen LogP contribution >= 0.6 is 11.6 Å². The van der Waals surface area contributed by atoms with E-state index in [1.54, 1.807) is 31.2 Å². The molecule has 19 heavy (non-hydrogen) atoms. The Balaban J connectivity index is 2.36. The lowest BCUT2D eigenvalue weighted by Crippen LogP contribution is -2.21. The second kappa shape index (κ2) is 5.74. The third-order valence-corrected chi connectivity index (χ3v) is 3.36. The van der Waals surface area contributed by atoms with Crippen molar-refractivity contribution < 1.29 is 13.9 Å². The third kappa shape index (κ3) is 2.81. The second-order valence-electron chi connectivity index (χ2n) is 4.38. The predicted octanol–water partition coefficient (Wildman–Crippen LogP) is 3.16. The van der Waals surface area contributed by atoms with Crippen LogP contribution in [0.2, 0.25) is 5.02 Å². The minimum absolute atomic E-state index is 0.0128. The average Bonchev–Trinajstić information content (AvgIpc) is 2.82. The van der Waals surface area contributed by atoms with E-state index in [4.69, 9.17) is 21.8 Å². The first-order valence-electron chi connectivity index (χ1n) is 5.93. The van der Waals surface area contributed by atoms with E-state index in [0.29, 0.717) is 11.5 Å². The van der Waals surface area contributed by atoms with Crippen molar-refractivity contribution in [3.63, 3.8) is 0 Å². The third-order valence-electron chi connectivity index (χ3n) is 3.07. The minimum Gasteiger partial charge on any atom is -0.464 e. The molecule has 2 atom stereocenters. The molecule has 0 radical (unpaired) electrons. The van der Waals surface area contributed by atoms with Gasteiger partial charge in [-0.05, 0) is 30.7 Å². The van der Waals surface area contributed by atoms with E-state index in [-0.39, 0.29) is 17.1 Å². The van der Waals surface area contributed by atoms with Gasteiger partial charge in [0.15, 0.2) is 0 Å². The summed E-state index contributed by atoms with van der Waals surface area (Å²) >= 11 is 5.75. The molecule has 2 rings (SSSR count). The van der Waals surface area contributed by atoms with Gasteiger partial charge in [-0.25, -0.2) is 4.39 Å². The van der Waals surface area contributed by atoms with Crippen molar-refractivity contribution in [1.82, 2.24) is 0 Å². The maximum atomic E-state index is 14.0. The van der Waals surface area contributed by atoms with Gasteiger partial charge < -0.3 is 15.3 Å². The number of furan rings is 1. The lowest BCUT2D eigenvalue weighted by atomic mass is 9.91. The highest BCUT2D eigenvalue weighted by Crippen LogP contribution is 2.34. The van der Waals surface area contributed by atoms with Gasteiger partial charge in [0.1, 0.15) is 23.4 Å². The molecule has 2 unspecified atom stereocenters. The standard InChI is InChI=1S/C14H15ClFNO2/c1-8-5-6-12(19-8)14(18)10(7-17)9-3-2-4-11(15)13(9)16/h2-6,10,14,18H,7,17H2,1H3. The summed E-state index contributed by atoms with van der Waals surface area (Å²) in [6.07, 6.45) is -1.01. The topological polar surface area (TPSA) is 59.4 Å². The minimum atomic E-state index is -1.01. The number of aliphatic hydroxyl groups excluding tert-OH is 1. The van der Waals surface area contributed by atoms with Crippen molar-refractivity contribution in [2.75, 3.05) is 6.54 Å². The average molecular weight is 284 g/mol. The molecule has 102 valence electrons. The summed E-state index contributed by atoms with van der Waals surface area (Å²) in [5.74, 6) is -0.116. The van der Waals surface area contributed by atoms with Gasteiger partial charge in [0.05, 0.1) is 5.02 Å². The Bertz CT molecular complexity index is 570. The van der Waals surface area contributed by atoms with Gasteiger partial charge in [0.2, 0.25) is 0 Å². The molecular formula is C14H15ClFNO2. The van der Waals surface area contributed by atoms with Crippen LogP contribution in [-0.4, -0.2) is 11.7 Å². The first kappa shape index (κ1) is 14.1. The van der Waals surface area contributed by atoms with Gasteiger partial charge >= 0.3 is 0 Å². The molecule has 0 saturated carbocycles. The number of hydrogen-bond acceptors (Lipinski definition) is 3. The number of rotatable bonds is 4. The van der Waals surface area contributed by atoms with Crippen molar-refractivity contribution >= 4 is 11.6 Å². The monoisotopic (exact) mass is 283 g/mol. The van der Waals surface area contributed by atoms with E-state index in [0.717, 1.165) is 0 Å². The molecule has 5 heteroatoms. The van der Waals surface area contributed by atoms with Crippen LogP contribution in [-0.2, 0) is 0 Å². The fraction of sp³-hybridized carbons (Fsp3) is 0.286. The number of aliphatic hydroxyl groups is 1. The smallest absolute Gasteiger partial charge is 0.145 e. The van der Waals surface area contributed by atoms with E-state index in [1.807, 2.05) is 0 Å². The van der Waals surface area contributed by atoms with Crippen molar-refractivity contribution in [2.45, 2.75) is 18.9 Å². The van der Waals surface area contributed by atoms with Gasteiger partial charge in [-0.2, -0.15) is 0 Å². The molecule has 3 N–H and O–H groups in total. The van der Waals surface area contributed by atoms with Gasteiger partial charge in [0, 0.05) is 12.5 Å². The zero-order valence-electron chi connectivity index (χ0n) is 10.4. The van der Waals surface area contributed by atoms with E-state index in [9.17, 15) is 9.50 Å². The maximum Gasteiger partial charge on any atom is 0.145 e. The Morgan fingerprint density at radius 3 is 2.68 bits per heavy atom. The lowest BCUT2D eigenvalue weighted by Gasteiger charge is -2.21. The predicted molar refractivity (Wildman–Crippen MR) is 71.6 cm³/mol. The van der Waals surface area contributed by atoms with Crippen molar-refractivity contribution in [3.05, 3.63) is 58.3 Å². The lowest BCUT2D eigenvalue weighted by molar-refractivity contribution is 0.119. The van der Waals surface area contributed by atoms with Crippen LogP contribution in [0, 0.1) is 12.7 Å². The zero-order valence-corrected chi connectivity index (χ0v) is 11.2. The van der Waals surface area contributed by atoms with Crippen molar-refractivity contribution in [2.24, 2.45) is 5.73 Å². The number of nitrogens with two attached hydrogens (primary N) is 1. The van der Waals surface area contributed by atoms with Gasteiger partial charge in [0.25, 0.3) is 0 Å². The van der Waals surface area contributed by atoms with Gasteiger partial charge in [-0.15, -0.1) is 0 Å². The summed E-state index contributed by atoms with van der Waals surface area (Å²) in [6, 6.07) is 8.05. The highest BCUT2D eigenvalue weighted by molar-refractivity contribution is 6.30. The van der Waals surface area contributed by atoms with Gasteiger partial charge in [-0.1, -0.05) is 23.7 Å². The molecule has 0 amide bonds. The molecule has 0 fully saturated rings. The van der Waals surface area contributed by atoms with Crippen LogP contribution in [0.4, 0.5) is 4.39 Å². The zero-order chi connectivity index (χ0) is 14.0. The summed E-state index contributed by atoms with van der Waals surface area (Å²) in [7, 11) is 0. The van der Waals surface area contributed by atoms with Crippen LogP contribution in [0.15, 0.2) is 34.7 Å². The fourth-order valence-corrected chi connectivity index (χ4v) is 2.23. The Hall–Kier alpha value is -1.36. The molecule has 0 bridgehead atoms. The Morgan fingerprint density at radius 1 is 1.37 bits per heavy atom. The molecule has 0 saturated heterocycles. The summed E-state index contributed by atoms with van der Waals surface area (Å²) < 4.78 is 19.3. The second-order valence-corrected chi connectivity index (χ2v) is 4.79. The van der Waals surface area contributed by atoms with Crippen LogP contribution in [0.25, 0.3) is 0 Å². The van der Waals surface area contributed by atoms with E-state index in [2.05, 4.69) is 0 Å². The quantitative estimate of drug-likeness (QED) is 0.906. The van der Waals surface area contributed by atoms with E-state index < -0.39 is 17.8 Å². The van der Waals surface area contributed by atoms with Crippen molar-refractivity contribution in [3.8, 4) is 0 Å². The Morgan fingerprint density at radius 2 is 2.11 bits per heavy atom. The molecule has 2 aromatic rings. The molecular weight excluding hydrogens is 269 g/mol. The van der Waals surface area contributed by atoms with Crippen LogP contribution in [0.5, 0.6) is 0 Å². The Labute approximate surface area is 115 Å². The summed E-state index contributed by atoms with van der Waals surface area (Å²) in [6.45, 7) is 1.85. The summed E-state index contributed by atoms with van der Waals surface area (Å²) in [5, 5.41) is 10.3. The number of benzene rings is 1. The molecule has 1 heterocycles. The first-order valence-corrected chi connectivity index (χ1v) is 6.30. The molecule has 0 aliphatic heterocycles. The van der Waals surface area contributed by atoms with Crippen molar-refractivity contribution in [1.29, 1.82) is 0 Å². The number of halogens is 2. The molecule has 1 aromatic heterocycles. The summed E-state index contributed by atoms with van der Waals surface area (Å²) in [4.78, 5) is 0. The van der Waals surface area contributed by atoms with E-state index in [1.165, 1.54) is 6.07 Å². The van der Waals surface area contributed by atoms with E-state index >= 15 is 0 Å². The molecule has 0 aliphatic carbocycles. The number of aryl methyl sites for hydroxylation is 1. The first-order chi connectivity index (χ1) is 9.04. The number of hydrogen-bond donors (Lipinski definition) is 2. The molecule has 0 aliphatic rings. The highest BCUT2D eigenvalue weighted by atomic mass is 35.5. The van der Waals surface area contributed by atoms with Crippen LogP contribution in [0.3, 0.4) is 0 Å². The van der Waals surface area contributed by atoms with Gasteiger partial charge in [-0.3, -0.25) is 0 Å². The molecule has 3 nitrogen and oxygen atoms in total. The maximum absolute atomic E-state index is 14.0. The highest BCUT2D eigenvalue weighted by Gasteiger charge is 2.27. The summed E-state index contributed by atoms with van der Waals surface area (Å²) in [5.41, 5.74) is 5.95.